The van der Waals surface area contributed by atoms with Crippen LogP contribution in [0.5, 0.6) is 0 Å². The van der Waals surface area contributed by atoms with Crippen molar-refractivity contribution in [2.75, 3.05) is 0 Å². The maximum Gasteiger partial charge on any atom is 0.0210 e. The minimum absolute atomic E-state index is 0.413. The molecule has 0 aliphatic heterocycles. The largest absolute Gasteiger partial charge is 0.307 e. The summed E-state index contributed by atoms with van der Waals surface area (Å²) in [5, 5.41) is 3.66. The first-order valence-corrected chi connectivity index (χ1v) is 6.43. The second-order valence-corrected chi connectivity index (χ2v) is 5.66. The van der Waals surface area contributed by atoms with Crippen LogP contribution in [0.4, 0.5) is 0 Å². The molecule has 88 valence electrons. The number of rotatable bonds is 4. The van der Waals surface area contributed by atoms with E-state index in [1.807, 2.05) is 0 Å². The van der Waals surface area contributed by atoms with E-state index < -0.39 is 0 Å². The molecule has 1 fully saturated rings. The Morgan fingerprint density at radius 2 is 1.81 bits per heavy atom. The molecule has 0 aromatic heterocycles. The molecular formula is C15H23N. The zero-order valence-electron chi connectivity index (χ0n) is 10.7. The summed E-state index contributed by atoms with van der Waals surface area (Å²) in [5.74, 6) is 0.631. The molecule has 1 aliphatic carbocycles. The van der Waals surface area contributed by atoms with Gasteiger partial charge in [-0.05, 0) is 43.2 Å². The highest BCUT2D eigenvalue weighted by Gasteiger charge is 2.30. The van der Waals surface area contributed by atoms with E-state index in [0.717, 1.165) is 6.54 Å². The van der Waals surface area contributed by atoms with Crippen LogP contribution in [0.2, 0.25) is 0 Å². The summed E-state index contributed by atoms with van der Waals surface area (Å²) in [5.41, 5.74) is 3.24. The number of benzene rings is 1. The van der Waals surface area contributed by atoms with E-state index in [1.165, 1.54) is 30.4 Å². The van der Waals surface area contributed by atoms with Gasteiger partial charge >= 0.3 is 0 Å². The summed E-state index contributed by atoms with van der Waals surface area (Å²) in [6.45, 7) is 7.82. The summed E-state index contributed by atoms with van der Waals surface area (Å²) >= 11 is 0. The molecule has 1 aliphatic rings. The Kier molecular flexibility index (Phi) is 3.34. The fourth-order valence-electron chi connectivity index (χ4n) is 2.22. The van der Waals surface area contributed by atoms with Crippen LogP contribution in [-0.2, 0) is 6.54 Å². The summed E-state index contributed by atoms with van der Waals surface area (Å²) in [7, 11) is 0. The summed E-state index contributed by atoms with van der Waals surface area (Å²) in [6.07, 6.45) is 4.05. The van der Waals surface area contributed by atoms with Gasteiger partial charge in [-0.25, -0.2) is 0 Å². The fraction of sp³-hybridized carbons (Fsp3) is 0.600. The first-order valence-electron chi connectivity index (χ1n) is 6.43. The van der Waals surface area contributed by atoms with Crippen molar-refractivity contribution in [1.29, 1.82) is 0 Å². The number of hydrogen-bond donors (Lipinski definition) is 1. The van der Waals surface area contributed by atoms with Crippen molar-refractivity contribution in [3.05, 3.63) is 35.4 Å². The molecule has 1 heteroatoms. The van der Waals surface area contributed by atoms with Gasteiger partial charge in [0.2, 0.25) is 0 Å². The Bertz CT molecular complexity index is 333. The standard InChI is InChI=1S/C15H23N/c1-12(2)14-7-5-13(6-8-14)11-16-15(3)9-4-10-15/h5-8,12,16H,4,9-11H2,1-3H3. The van der Waals surface area contributed by atoms with E-state index in [4.69, 9.17) is 0 Å². The Morgan fingerprint density at radius 3 is 2.25 bits per heavy atom. The van der Waals surface area contributed by atoms with E-state index in [9.17, 15) is 0 Å². The topological polar surface area (TPSA) is 12.0 Å². The van der Waals surface area contributed by atoms with Crippen LogP contribution in [0.3, 0.4) is 0 Å². The molecule has 0 amide bonds. The average Bonchev–Trinajstić information content (AvgIpc) is 2.24. The second kappa shape index (κ2) is 4.58. The van der Waals surface area contributed by atoms with Gasteiger partial charge in [0.05, 0.1) is 0 Å². The van der Waals surface area contributed by atoms with Crippen molar-refractivity contribution in [1.82, 2.24) is 5.32 Å². The molecule has 0 spiro atoms. The molecule has 0 bridgehead atoms. The van der Waals surface area contributed by atoms with Gasteiger partial charge in [-0.2, -0.15) is 0 Å². The van der Waals surface area contributed by atoms with E-state index in [-0.39, 0.29) is 0 Å². The Hall–Kier alpha value is -0.820. The summed E-state index contributed by atoms with van der Waals surface area (Å²) in [4.78, 5) is 0. The predicted octanol–water partition coefficient (Wildman–Crippen LogP) is 3.84. The summed E-state index contributed by atoms with van der Waals surface area (Å²) in [6, 6.07) is 9.02. The molecular weight excluding hydrogens is 194 g/mol. The zero-order chi connectivity index (χ0) is 11.6. The van der Waals surface area contributed by atoms with Crippen LogP contribution >= 0.6 is 0 Å². The average molecular weight is 217 g/mol. The van der Waals surface area contributed by atoms with Crippen LogP contribution in [0, 0.1) is 0 Å². The lowest BCUT2D eigenvalue weighted by molar-refractivity contribution is 0.207. The zero-order valence-corrected chi connectivity index (χ0v) is 10.7. The van der Waals surface area contributed by atoms with Gasteiger partial charge in [0.15, 0.2) is 0 Å². The Morgan fingerprint density at radius 1 is 1.19 bits per heavy atom. The highest BCUT2D eigenvalue weighted by atomic mass is 15.0. The van der Waals surface area contributed by atoms with E-state index >= 15 is 0 Å². The molecule has 1 aromatic rings. The quantitative estimate of drug-likeness (QED) is 0.808. The summed E-state index contributed by atoms with van der Waals surface area (Å²) < 4.78 is 0. The Balaban J connectivity index is 1.90. The second-order valence-electron chi connectivity index (χ2n) is 5.66. The molecule has 1 saturated carbocycles. The molecule has 16 heavy (non-hydrogen) atoms. The molecule has 1 N–H and O–H groups in total. The molecule has 0 radical (unpaired) electrons. The highest BCUT2D eigenvalue weighted by Crippen LogP contribution is 2.31. The van der Waals surface area contributed by atoms with Crippen molar-refractivity contribution < 1.29 is 0 Å². The van der Waals surface area contributed by atoms with Gasteiger partial charge in [0.1, 0.15) is 0 Å². The van der Waals surface area contributed by atoms with E-state index in [0.29, 0.717) is 11.5 Å². The van der Waals surface area contributed by atoms with Crippen LogP contribution in [0.1, 0.15) is 57.1 Å². The molecule has 0 unspecified atom stereocenters. The third-order valence-electron chi connectivity index (χ3n) is 3.82. The molecule has 0 heterocycles. The van der Waals surface area contributed by atoms with Crippen molar-refractivity contribution >= 4 is 0 Å². The van der Waals surface area contributed by atoms with Crippen molar-refractivity contribution in [3.8, 4) is 0 Å². The lowest BCUT2D eigenvalue weighted by Gasteiger charge is -2.39. The van der Waals surface area contributed by atoms with Gasteiger partial charge < -0.3 is 5.32 Å². The van der Waals surface area contributed by atoms with E-state index in [2.05, 4.69) is 50.4 Å². The number of hydrogen-bond acceptors (Lipinski definition) is 1. The Labute approximate surface area is 99.3 Å². The SMILES string of the molecule is CC(C)c1ccc(CNC2(C)CCC2)cc1. The van der Waals surface area contributed by atoms with Crippen LogP contribution in [0.25, 0.3) is 0 Å². The van der Waals surface area contributed by atoms with Crippen LogP contribution in [-0.4, -0.2) is 5.54 Å². The molecule has 0 atom stereocenters. The third-order valence-corrected chi connectivity index (χ3v) is 3.82. The lowest BCUT2D eigenvalue weighted by atomic mass is 9.78. The molecule has 1 nitrogen and oxygen atoms in total. The first-order chi connectivity index (χ1) is 7.59. The monoisotopic (exact) mass is 217 g/mol. The predicted molar refractivity (Wildman–Crippen MR) is 69.6 cm³/mol. The maximum atomic E-state index is 3.66. The van der Waals surface area contributed by atoms with Crippen LogP contribution in [0.15, 0.2) is 24.3 Å². The highest BCUT2D eigenvalue weighted by molar-refractivity contribution is 5.24. The minimum Gasteiger partial charge on any atom is -0.307 e. The smallest absolute Gasteiger partial charge is 0.0210 e. The van der Waals surface area contributed by atoms with Crippen LogP contribution < -0.4 is 5.32 Å². The fourth-order valence-corrected chi connectivity index (χ4v) is 2.22. The van der Waals surface area contributed by atoms with Gasteiger partial charge in [0.25, 0.3) is 0 Å². The lowest BCUT2D eigenvalue weighted by Crippen LogP contribution is -2.47. The normalized spacial score (nSPS) is 18.5. The van der Waals surface area contributed by atoms with Gasteiger partial charge in [-0.3, -0.25) is 0 Å². The molecule has 0 saturated heterocycles. The third kappa shape index (κ3) is 2.65. The van der Waals surface area contributed by atoms with Gasteiger partial charge in [0, 0.05) is 12.1 Å². The molecule has 1 aromatic carbocycles. The molecule has 2 rings (SSSR count). The number of nitrogens with one attached hydrogen (secondary N) is 1. The minimum atomic E-state index is 0.413. The van der Waals surface area contributed by atoms with Crippen molar-refractivity contribution in [3.63, 3.8) is 0 Å². The first kappa shape index (κ1) is 11.7. The maximum absolute atomic E-state index is 3.66. The van der Waals surface area contributed by atoms with Crippen molar-refractivity contribution in [2.45, 2.75) is 58.0 Å². The van der Waals surface area contributed by atoms with Gasteiger partial charge in [-0.15, -0.1) is 0 Å². The van der Waals surface area contributed by atoms with Crippen molar-refractivity contribution in [2.24, 2.45) is 0 Å². The van der Waals surface area contributed by atoms with E-state index in [1.54, 1.807) is 0 Å². The van der Waals surface area contributed by atoms with Gasteiger partial charge in [-0.1, -0.05) is 38.1 Å².